The molecule has 1 amide bonds. The van der Waals surface area contributed by atoms with Crippen LogP contribution in [0.5, 0.6) is 5.75 Å². The predicted molar refractivity (Wildman–Crippen MR) is 144 cm³/mol. The lowest BCUT2D eigenvalue weighted by atomic mass is 9.98. The molecule has 5 rings (SSSR count). The number of hydrogen-bond donors (Lipinski definition) is 0. The van der Waals surface area contributed by atoms with E-state index in [1.54, 1.807) is 7.11 Å². The van der Waals surface area contributed by atoms with Gasteiger partial charge in [-0.2, -0.15) is 10.1 Å². The summed E-state index contributed by atoms with van der Waals surface area (Å²) in [5, 5.41) is 6.66. The van der Waals surface area contributed by atoms with E-state index >= 15 is 0 Å². The topological polar surface area (TPSA) is 57.5 Å². The van der Waals surface area contributed by atoms with Crippen LogP contribution < -0.4 is 9.64 Å². The molecule has 6 nitrogen and oxygen atoms in total. The van der Waals surface area contributed by atoms with Gasteiger partial charge < -0.3 is 9.64 Å². The third-order valence-corrected chi connectivity index (χ3v) is 6.84. The van der Waals surface area contributed by atoms with Crippen LogP contribution in [0, 0.1) is 0 Å². The highest BCUT2D eigenvalue weighted by molar-refractivity contribution is 8.18. The van der Waals surface area contributed by atoms with Crippen LogP contribution in [0.2, 0.25) is 0 Å². The highest BCUT2D eigenvalue weighted by atomic mass is 32.2. The van der Waals surface area contributed by atoms with Gasteiger partial charge in [-0.05, 0) is 58.8 Å². The molecule has 0 unspecified atom stereocenters. The molecule has 0 radical (unpaired) electrons. The highest BCUT2D eigenvalue weighted by Crippen LogP contribution is 2.40. The number of amidine groups is 1. The van der Waals surface area contributed by atoms with Gasteiger partial charge in [0.25, 0.3) is 0 Å². The summed E-state index contributed by atoms with van der Waals surface area (Å²) < 4.78 is 5.34. The summed E-state index contributed by atoms with van der Waals surface area (Å²) in [7, 11) is 5.68. The van der Waals surface area contributed by atoms with Crippen molar-refractivity contribution in [3.63, 3.8) is 0 Å². The lowest BCUT2D eigenvalue weighted by molar-refractivity contribution is 0.267. The van der Waals surface area contributed by atoms with Gasteiger partial charge in [0.05, 0.1) is 23.8 Å². The molecule has 0 aliphatic carbocycles. The SMILES string of the molecule is COc1ccc([C@@H]2CC(c3ccccc3)=NN2C2=NC(=O)S/C2=C\c2ccc(N(C)C)cc2)cc1. The monoisotopic (exact) mass is 482 g/mol. The van der Waals surface area contributed by atoms with Crippen molar-refractivity contribution < 1.29 is 9.53 Å². The number of hydrogen-bond acceptors (Lipinski definition) is 6. The maximum absolute atomic E-state index is 12.5. The Morgan fingerprint density at radius 2 is 1.71 bits per heavy atom. The molecular weight excluding hydrogens is 456 g/mol. The van der Waals surface area contributed by atoms with Gasteiger partial charge in [0.1, 0.15) is 5.75 Å². The fraction of sp³-hybridized carbons (Fsp3) is 0.179. The average molecular weight is 483 g/mol. The van der Waals surface area contributed by atoms with Crippen molar-refractivity contribution in [3.8, 4) is 5.75 Å². The minimum atomic E-state index is -0.229. The average Bonchev–Trinajstić information content (AvgIpc) is 3.48. The number of ether oxygens (including phenoxy) is 1. The second kappa shape index (κ2) is 9.80. The van der Waals surface area contributed by atoms with Gasteiger partial charge in [0.2, 0.25) is 0 Å². The zero-order valence-electron chi connectivity index (χ0n) is 19.9. The van der Waals surface area contributed by atoms with E-state index in [-0.39, 0.29) is 11.3 Å². The van der Waals surface area contributed by atoms with Crippen LogP contribution in [0.4, 0.5) is 10.5 Å². The van der Waals surface area contributed by atoms with Gasteiger partial charge in [0.15, 0.2) is 5.84 Å². The molecule has 0 bridgehead atoms. The molecule has 0 saturated heterocycles. The van der Waals surface area contributed by atoms with Crippen LogP contribution >= 0.6 is 11.8 Å². The molecule has 2 aliphatic rings. The number of carbonyl (C=O) groups is 1. The second-order valence-electron chi connectivity index (χ2n) is 8.55. The number of nitrogens with zero attached hydrogens (tertiary/aromatic N) is 4. The van der Waals surface area contributed by atoms with Crippen LogP contribution in [0.25, 0.3) is 6.08 Å². The largest absolute Gasteiger partial charge is 0.497 e. The Balaban J connectivity index is 1.53. The number of hydrazone groups is 1. The molecule has 3 aromatic carbocycles. The van der Waals surface area contributed by atoms with Crippen LogP contribution in [0.1, 0.15) is 29.2 Å². The fourth-order valence-electron chi connectivity index (χ4n) is 4.18. The van der Waals surface area contributed by atoms with E-state index in [1.165, 1.54) is 0 Å². The number of aliphatic imine (C=N–C) groups is 1. The van der Waals surface area contributed by atoms with E-state index in [0.717, 1.165) is 50.5 Å². The Bertz CT molecular complexity index is 1310. The van der Waals surface area contributed by atoms with Crippen LogP contribution in [0.3, 0.4) is 0 Å². The lowest BCUT2D eigenvalue weighted by Crippen LogP contribution is -2.26. The molecule has 35 heavy (non-hydrogen) atoms. The first-order valence-corrected chi connectivity index (χ1v) is 12.2. The van der Waals surface area contributed by atoms with E-state index in [0.29, 0.717) is 12.3 Å². The number of amides is 1. The molecule has 0 spiro atoms. The zero-order valence-corrected chi connectivity index (χ0v) is 20.7. The molecule has 176 valence electrons. The van der Waals surface area contributed by atoms with Crippen LogP contribution in [0.15, 0.2) is 93.9 Å². The molecular formula is C28H26N4O2S. The first kappa shape index (κ1) is 22.9. The Morgan fingerprint density at radius 1 is 1.00 bits per heavy atom. The smallest absolute Gasteiger partial charge is 0.311 e. The summed E-state index contributed by atoms with van der Waals surface area (Å²) in [5.41, 5.74) is 5.24. The number of benzene rings is 3. The predicted octanol–water partition coefficient (Wildman–Crippen LogP) is 6.22. The molecule has 2 heterocycles. The quantitative estimate of drug-likeness (QED) is 0.432. The minimum Gasteiger partial charge on any atom is -0.497 e. The highest BCUT2D eigenvalue weighted by Gasteiger charge is 2.36. The molecule has 0 saturated carbocycles. The van der Waals surface area contributed by atoms with E-state index in [1.807, 2.05) is 79.8 Å². The Labute approximate surface area is 209 Å². The number of anilines is 1. The molecule has 3 aromatic rings. The van der Waals surface area contributed by atoms with E-state index in [9.17, 15) is 4.79 Å². The Morgan fingerprint density at radius 3 is 2.37 bits per heavy atom. The van der Waals surface area contributed by atoms with Crippen LogP contribution in [-0.2, 0) is 0 Å². The third-order valence-electron chi connectivity index (χ3n) is 6.06. The van der Waals surface area contributed by atoms with Gasteiger partial charge in [0, 0.05) is 26.2 Å². The number of rotatable bonds is 5. The number of carbonyl (C=O) groups excluding carboxylic acids is 1. The first-order valence-electron chi connectivity index (χ1n) is 11.4. The molecule has 0 N–H and O–H groups in total. The standard InChI is InChI=1S/C28H26N4O2S/c1-31(2)22-13-9-19(10-14-22)17-26-27(29-28(33)35-26)32-25(21-11-15-23(34-3)16-12-21)18-24(30-32)20-7-5-4-6-8-20/h4-17,25H,18H2,1-3H3/b26-17-/t25-/m0/s1. The van der Waals surface area contributed by atoms with Crippen molar-refractivity contribution >= 4 is 40.3 Å². The summed E-state index contributed by atoms with van der Waals surface area (Å²) in [6.45, 7) is 0. The summed E-state index contributed by atoms with van der Waals surface area (Å²) in [6, 6.07) is 26.3. The number of thioether (sulfide) groups is 1. The van der Waals surface area contributed by atoms with Gasteiger partial charge in [-0.1, -0.05) is 54.6 Å². The van der Waals surface area contributed by atoms with Crippen molar-refractivity contribution in [2.45, 2.75) is 12.5 Å². The minimum absolute atomic E-state index is 0.0825. The van der Waals surface area contributed by atoms with E-state index in [4.69, 9.17) is 9.84 Å². The van der Waals surface area contributed by atoms with E-state index < -0.39 is 0 Å². The van der Waals surface area contributed by atoms with Gasteiger partial charge in [-0.25, -0.2) is 5.01 Å². The first-order chi connectivity index (χ1) is 17.0. The molecule has 0 fully saturated rings. The number of methoxy groups -OCH3 is 1. The molecule has 1 atom stereocenters. The van der Waals surface area contributed by atoms with Crippen molar-refractivity contribution in [1.82, 2.24) is 5.01 Å². The lowest BCUT2D eigenvalue weighted by Gasteiger charge is -2.24. The van der Waals surface area contributed by atoms with Gasteiger partial charge in [-0.15, -0.1) is 0 Å². The molecule has 2 aliphatic heterocycles. The molecule has 0 aromatic heterocycles. The second-order valence-corrected chi connectivity index (χ2v) is 9.54. The maximum Gasteiger partial charge on any atom is 0.311 e. The summed E-state index contributed by atoms with van der Waals surface area (Å²) in [4.78, 5) is 19.7. The van der Waals surface area contributed by atoms with Crippen molar-refractivity contribution in [3.05, 3.63) is 100 Å². The van der Waals surface area contributed by atoms with Gasteiger partial charge in [-0.3, -0.25) is 4.79 Å². The van der Waals surface area contributed by atoms with Crippen LogP contribution in [-0.4, -0.2) is 43.0 Å². The van der Waals surface area contributed by atoms with Crippen molar-refractivity contribution in [2.24, 2.45) is 10.1 Å². The third kappa shape index (κ3) is 4.86. The summed E-state index contributed by atoms with van der Waals surface area (Å²) in [6.07, 6.45) is 2.72. The zero-order chi connectivity index (χ0) is 24.4. The molecule has 7 heteroatoms. The van der Waals surface area contributed by atoms with Crippen molar-refractivity contribution in [2.75, 3.05) is 26.1 Å². The Kier molecular flexibility index (Phi) is 6.42. The van der Waals surface area contributed by atoms with Gasteiger partial charge >= 0.3 is 5.24 Å². The fourth-order valence-corrected chi connectivity index (χ4v) is 4.92. The maximum atomic E-state index is 12.5. The summed E-state index contributed by atoms with van der Waals surface area (Å²) >= 11 is 1.14. The normalized spacial score (nSPS) is 18.6. The van der Waals surface area contributed by atoms with E-state index in [2.05, 4.69) is 34.2 Å². The van der Waals surface area contributed by atoms with Crippen molar-refractivity contribution in [1.29, 1.82) is 0 Å². The Hall–Kier alpha value is -3.84. The summed E-state index contributed by atoms with van der Waals surface area (Å²) in [5.74, 6) is 1.39.